The summed E-state index contributed by atoms with van der Waals surface area (Å²) < 4.78 is 19.0. The summed E-state index contributed by atoms with van der Waals surface area (Å²) in [5, 5.41) is 12.4. The topological polar surface area (TPSA) is 87.5 Å². The lowest BCUT2D eigenvalue weighted by molar-refractivity contribution is -0.119. The zero-order valence-electron chi connectivity index (χ0n) is 20.0. The first-order valence-corrected chi connectivity index (χ1v) is 12.5. The van der Waals surface area contributed by atoms with Gasteiger partial charge in [0, 0.05) is 11.3 Å². The number of ether oxygens (including phenoxy) is 3. The van der Waals surface area contributed by atoms with Crippen molar-refractivity contribution in [2.45, 2.75) is 24.7 Å². The summed E-state index contributed by atoms with van der Waals surface area (Å²) in [5.74, 6) is 2.99. The fourth-order valence-corrected chi connectivity index (χ4v) is 4.77. The first-order chi connectivity index (χ1) is 17.6. The molecule has 4 aromatic rings. The van der Waals surface area contributed by atoms with E-state index >= 15 is 0 Å². The molecule has 3 aromatic carbocycles. The van der Waals surface area contributed by atoms with Crippen LogP contribution in [-0.4, -0.2) is 40.1 Å². The number of thioether (sulfide) groups is 1. The Balaban J connectivity index is 1.29. The van der Waals surface area contributed by atoms with E-state index in [1.807, 2.05) is 84.3 Å². The molecule has 1 atom stereocenters. The Morgan fingerprint density at radius 1 is 1.11 bits per heavy atom. The Bertz CT molecular complexity index is 1360. The number of aryl methyl sites for hydroxylation is 1. The van der Waals surface area contributed by atoms with Crippen LogP contribution in [0.3, 0.4) is 0 Å². The van der Waals surface area contributed by atoms with Crippen molar-refractivity contribution in [2.75, 3.05) is 19.5 Å². The van der Waals surface area contributed by atoms with Crippen molar-refractivity contribution in [1.82, 2.24) is 20.1 Å². The van der Waals surface area contributed by atoms with Gasteiger partial charge in [-0.1, -0.05) is 48.2 Å². The number of aromatic nitrogens is 3. The molecule has 0 fully saturated rings. The summed E-state index contributed by atoms with van der Waals surface area (Å²) in [4.78, 5) is 12.8. The molecule has 0 aliphatic carbocycles. The van der Waals surface area contributed by atoms with Gasteiger partial charge < -0.3 is 19.5 Å². The molecule has 5 rings (SSSR count). The van der Waals surface area contributed by atoms with Crippen molar-refractivity contribution >= 4 is 17.7 Å². The van der Waals surface area contributed by atoms with Gasteiger partial charge in [0.1, 0.15) is 30.5 Å². The van der Waals surface area contributed by atoms with Crippen LogP contribution in [0.5, 0.6) is 17.2 Å². The second kappa shape index (κ2) is 10.7. The molecule has 1 aromatic heterocycles. The van der Waals surface area contributed by atoms with Crippen molar-refractivity contribution in [1.29, 1.82) is 0 Å². The molecule has 0 unspecified atom stereocenters. The summed E-state index contributed by atoms with van der Waals surface area (Å²) in [7, 11) is 1.62. The number of fused-ring (bicyclic) bond motifs is 1. The minimum atomic E-state index is -0.228. The van der Waals surface area contributed by atoms with Gasteiger partial charge in [-0.2, -0.15) is 0 Å². The lowest BCUT2D eigenvalue weighted by Crippen LogP contribution is -2.30. The average Bonchev–Trinajstić information content (AvgIpc) is 3.51. The van der Waals surface area contributed by atoms with Gasteiger partial charge in [-0.3, -0.25) is 9.36 Å². The fourth-order valence-electron chi connectivity index (χ4n) is 3.99. The van der Waals surface area contributed by atoms with Crippen LogP contribution in [0.2, 0.25) is 0 Å². The Morgan fingerprint density at radius 2 is 1.92 bits per heavy atom. The number of nitrogens with zero attached hydrogens (tertiary/aromatic N) is 3. The summed E-state index contributed by atoms with van der Waals surface area (Å²) in [6.07, 6.45) is 0. The van der Waals surface area contributed by atoms with Gasteiger partial charge in [-0.05, 0) is 48.9 Å². The van der Waals surface area contributed by atoms with Gasteiger partial charge in [-0.25, -0.2) is 0 Å². The summed E-state index contributed by atoms with van der Waals surface area (Å²) in [6.45, 7) is 2.64. The van der Waals surface area contributed by atoms with E-state index in [1.165, 1.54) is 11.8 Å². The highest BCUT2D eigenvalue weighted by Gasteiger charge is 2.26. The zero-order valence-corrected chi connectivity index (χ0v) is 20.8. The Morgan fingerprint density at radius 3 is 2.72 bits per heavy atom. The van der Waals surface area contributed by atoms with Gasteiger partial charge in [0.05, 0.1) is 18.9 Å². The standard InChI is InChI=1S/C27H26N4O4S/c1-18-8-6-7-11-23(18)35-16-25-29-30-27(31(25)19-9-4-3-5-10-19)36-17-26(32)28-22-15-34-24-13-12-20(33-2)14-21(22)24/h3-14,22H,15-17H2,1-2H3,(H,28,32)/t22-/m1/s1. The summed E-state index contributed by atoms with van der Waals surface area (Å²) in [5.41, 5.74) is 2.86. The number of benzene rings is 3. The molecular weight excluding hydrogens is 476 g/mol. The molecule has 0 saturated carbocycles. The highest BCUT2D eigenvalue weighted by Crippen LogP contribution is 2.35. The number of nitrogens with one attached hydrogen (secondary N) is 1. The van der Waals surface area contributed by atoms with Crippen molar-refractivity contribution < 1.29 is 19.0 Å². The molecular formula is C27H26N4O4S. The minimum Gasteiger partial charge on any atom is -0.497 e. The quantitative estimate of drug-likeness (QED) is 0.337. The number of amides is 1. The molecule has 2 heterocycles. The maximum atomic E-state index is 12.8. The Labute approximate surface area is 213 Å². The first-order valence-electron chi connectivity index (χ1n) is 11.5. The van der Waals surface area contributed by atoms with Crippen molar-refractivity contribution in [3.05, 3.63) is 89.7 Å². The molecule has 0 bridgehead atoms. The van der Waals surface area contributed by atoms with Crippen LogP contribution in [0, 0.1) is 6.92 Å². The van der Waals surface area contributed by atoms with E-state index in [0.717, 1.165) is 34.1 Å². The number of carbonyl (C=O) groups is 1. The fraction of sp³-hybridized carbons (Fsp3) is 0.222. The van der Waals surface area contributed by atoms with Crippen LogP contribution < -0.4 is 19.5 Å². The number of methoxy groups -OCH3 is 1. The van der Waals surface area contributed by atoms with Gasteiger partial charge >= 0.3 is 0 Å². The average molecular weight is 503 g/mol. The van der Waals surface area contributed by atoms with Crippen LogP contribution in [0.25, 0.3) is 5.69 Å². The molecule has 184 valence electrons. The molecule has 1 aliphatic heterocycles. The number of carbonyl (C=O) groups excluding carboxylic acids is 1. The molecule has 0 radical (unpaired) electrons. The van der Waals surface area contributed by atoms with Crippen molar-refractivity contribution in [3.8, 4) is 22.9 Å². The SMILES string of the molecule is COc1ccc2c(c1)[C@H](NC(=O)CSc1nnc(COc3ccccc3C)n1-c1ccccc1)CO2. The smallest absolute Gasteiger partial charge is 0.231 e. The third kappa shape index (κ3) is 5.16. The van der Waals surface area contributed by atoms with Crippen LogP contribution in [0.1, 0.15) is 23.0 Å². The molecule has 0 spiro atoms. The van der Waals surface area contributed by atoms with E-state index in [9.17, 15) is 4.79 Å². The van der Waals surface area contributed by atoms with E-state index in [0.29, 0.717) is 17.6 Å². The Kier molecular flexibility index (Phi) is 7.08. The molecule has 1 aliphatic rings. The zero-order chi connectivity index (χ0) is 24.9. The third-order valence-corrected chi connectivity index (χ3v) is 6.76. The monoisotopic (exact) mass is 502 g/mol. The minimum absolute atomic E-state index is 0.121. The predicted octanol–water partition coefficient (Wildman–Crippen LogP) is 4.51. The third-order valence-electron chi connectivity index (χ3n) is 5.83. The van der Waals surface area contributed by atoms with E-state index < -0.39 is 0 Å². The normalized spacial score (nSPS) is 14.1. The highest BCUT2D eigenvalue weighted by molar-refractivity contribution is 7.99. The van der Waals surface area contributed by atoms with Crippen molar-refractivity contribution in [3.63, 3.8) is 0 Å². The number of hydrogen-bond acceptors (Lipinski definition) is 7. The lowest BCUT2D eigenvalue weighted by atomic mass is 10.1. The van der Waals surface area contributed by atoms with Gasteiger partial charge in [0.15, 0.2) is 11.0 Å². The lowest BCUT2D eigenvalue weighted by Gasteiger charge is -2.13. The van der Waals surface area contributed by atoms with Crippen LogP contribution in [-0.2, 0) is 11.4 Å². The second-order valence-corrected chi connectivity index (χ2v) is 9.19. The second-order valence-electron chi connectivity index (χ2n) is 8.25. The van der Waals surface area contributed by atoms with Gasteiger partial charge in [0.2, 0.25) is 5.91 Å². The maximum Gasteiger partial charge on any atom is 0.231 e. The molecule has 1 N–H and O–H groups in total. The highest BCUT2D eigenvalue weighted by atomic mass is 32.2. The number of hydrogen-bond donors (Lipinski definition) is 1. The molecule has 0 saturated heterocycles. The van der Waals surface area contributed by atoms with Gasteiger partial charge in [0.25, 0.3) is 0 Å². The van der Waals surface area contributed by atoms with Crippen LogP contribution in [0.4, 0.5) is 0 Å². The van der Waals surface area contributed by atoms with E-state index in [4.69, 9.17) is 14.2 Å². The molecule has 9 heteroatoms. The Hall–Kier alpha value is -3.98. The number of para-hydroxylation sites is 2. The van der Waals surface area contributed by atoms with E-state index in [-0.39, 0.29) is 24.3 Å². The summed E-state index contributed by atoms with van der Waals surface area (Å²) in [6, 6.07) is 23.0. The molecule has 8 nitrogen and oxygen atoms in total. The van der Waals surface area contributed by atoms with Gasteiger partial charge in [-0.15, -0.1) is 10.2 Å². The molecule has 1 amide bonds. The number of rotatable bonds is 9. The molecule has 36 heavy (non-hydrogen) atoms. The first kappa shape index (κ1) is 23.7. The van der Waals surface area contributed by atoms with E-state index in [1.54, 1.807) is 7.11 Å². The van der Waals surface area contributed by atoms with E-state index in [2.05, 4.69) is 15.5 Å². The maximum absolute atomic E-state index is 12.8. The largest absolute Gasteiger partial charge is 0.497 e. The predicted molar refractivity (Wildman–Crippen MR) is 137 cm³/mol. The van der Waals surface area contributed by atoms with Crippen LogP contribution >= 0.6 is 11.8 Å². The van der Waals surface area contributed by atoms with Crippen molar-refractivity contribution in [2.24, 2.45) is 0 Å². The summed E-state index contributed by atoms with van der Waals surface area (Å²) >= 11 is 1.32. The van der Waals surface area contributed by atoms with Crippen LogP contribution in [0.15, 0.2) is 78.0 Å².